The van der Waals surface area contributed by atoms with Crippen LogP contribution < -0.4 is 5.01 Å². The summed E-state index contributed by atoms with van der Waals surface area (Å²) in [4.78, 5) is 11.9. The smallest absolute Gasteiger partial charge is 0.255 e. The third kappa shape index (κ3) is 2.86. The average molecular weight is 326 g/mol. The van der Waals surface area contributed by atoms with Gasteiger partial charge in [-0.05, 0) is 13.8 Å². The van der Waals surface area contributed by atoms with Crippen molar-refractivity contribution < 1.29 is 4.79 Å². The molecule has 2 aromatic rings. The zero-order chi connectivity index (χ0) is 14.1. The largest absolute Gasteiger partial charge is 0.272 e. The van der Waals surface area contributed by atoms with Crippen molar-refractivity contribution in [3.05, 3.63) is 10.0 Å². The van der Waals surface area contributed by atoms with E-state index in [4.69, 9.17) is 0 Å². The van der Waals surface area contributed by atoms with Crippen LogP contribution in [0.15, 0.2) is 9.44 Å². The van der Waals surface area contributed by atoms with E-state index in [1.807, 2.05) is 13.8 Å². The van der Waals surface area contributed by atoms with Gasteiger partial charge in [-0.2, -0.15) is 10.1 Å². The molecule has 0 unspecified atom stereocenters. The zero-order valence-corrected chi connectivity index (χ0v) is 13.2. The zero-order valence-electron chi connectivity index (χ0n) is 10.7. The normalized spacial score (nSPS) is 15.0. The lowest BCUT2D eigenvalue weighted by Gasteiger charge is -2.04. The van der Waals surface area contributed by atoms with Crippen LogP contribution in [0.5, 0.6) is 0 Å². The summed E-state index contributed by atoms with van der Waals surface area (Å²) in [7, 11) is 0. The second-order valence-electron chi connectivity index (χ2n) is 4.03. The maximum Gasteiger partial charge on any atom is 0.255 e. The van der Waals surface area contributed by atoms with Gasteiger partial charge in [0.25, 0.3) is 5.91 Å². The molecule has 10 heteroatoms. The first kappa shape index (κ1) is 13.6. The molecule has 0 saturated heterocycles. The summed E-state index contributed by atoms with van der Waals surface area (Å²) in [5.74, 6) is 0.569. The molecule has 7 nitrogen and oxygen atoms in total. The minimum atomic E-state index is -0.0646. The summed E-state index contributed by atoms with van der Waals surface area (Å²) < 4.78 is 0.892. The number of rotatable bonds is 4. The van der Waals surface area contributed by atoms with Gasteiger partial charge in [0.1, 0.15) is 10.0 Å². The first-order valence-electron chi connectivity index (χ1n) is 5.74. The lowest BCUT2D eigenvalue weighted by molar-refractivity contribution is -0.116. The average Bonchev–Trinajstić information content (AvgIpc) is 3.08. The Bertz CT molecular complexity index is 678. The number of amides is 1. The summed E-state index contributed by atoms with van der Waals surface area (Å²) in [6, 6.07) is 0. The van der Waals surface area contributed by atoms with Gasteiger partial charge in [0.05, 0.1) is 12.1 Å². The number of anilines is 1. The Kier molecular flexibility index (Phi) is 3.76. The number of hydrogen-bond acceptors (Lipinski definition) is 9. The summed E-state index contributed by atoms with van der Waals surface area (Å²) >= 11 is 4.44. The van der Waals surface area contributed by atoms with Crippen molar-refractivity contribution in [1.82, 2.24) is 20.4 Å². The molecule has 0 aromatic carbocycles. The lowest BCUT2D eigenvalue weighted by Crippen LogP contribution is -2.19. The topological polar surface area (TPSA) is 84.2 Å². The highest BCUT2D eigenvalue weighted by Crippen LogP contribution is 2.27. The second kappa shape index (κ2) is 5.54. The van der Waals surface area contributed by atoms with Gasteiger partial charge in [-0.1, -0.05) is 34.4 Å². The molecule has 3 heterocycles. The van der Waals surface area contributed by atoms with Crippen molar-refractivity contribution in [2.75, 3.05) is 10.8 Å². The summed E-state index contributed by atoms with van der Waals surface area (Å²) in [6.07, 6.45) is 0.323. The van der Waals surface area contributed by atoms with Crippen molar-refractivity contribution in [3.63, 3.8) is 0 Å². The number of aryl methyl sites for hydroxylation is 2. The number of thioether (sulfide) groups is 1. The molecule has 3 rings (SSSR count). The first-order chi connectivity index (χ1) is 9.61. The van der Waals surface area contributed by atoms with Gasteiger partial charge in [-0.3, -0.25) is 4.79 Å². The lowest BCUT2D eigenvalue weighted by atomic mass is 10.3. The molecule has 0 fully saturated rings. The highest BCUT2D eigenvalue weighted by molar-refractivity contribution is 8.01. The maximum atomic E-state index is 11.9. The fourth-order valence-corrected chi connectivity index (χ4v) is 3.96. The van der Waals surface area contributed by atoms with E-state index in [9.17, 15) is 4.79 Å². The molecular formula is C10H10N6OS3. The van der Waals surface area contributed by atoms with Gasteiger partial charge in [0.15, 0.2) is 4.34 Å². The van der Waals surface area contributed by atoms with Crippen LogP contribution in [-0.2, 0) is 4.79 Å². The van der Waals surface area contributed by atoms with E-state index >= 15 is 0 Å². The van der Waals surface area contributed by atoms with E-state index in [1.165, 1.54) is 27.7 Å². The van der Waals surface area contributed by atoms with Crippen molar-refractivity contribution in [3.8, 4) is 0 Å². The SMILES string of the molecule is Cc1nnc(SCC2=NN(c3nnc(C)s3)C(=O)C2)s1. The van der Waals surface area contributed by atoms with Crippen molar-refractivity contribution >= 4 is 51.2 Å². The van der Waals surface area contributed by atoms with Crippen LogP contribution >= 0.6 is 34.4 Å². The van der Waals surface area contributed by atoms with Crippen LogP contribution in [0, 0.1) is 13.8 Å². The molecular weight excluding hydrogens is 316 g/mol. The van der Waals surface area contributed by atoms with Crippen LogP contribution in [0.2, 0.25) is 0 Å². The number of hydrogen-bond donors (Lipinski definition) is 0. The number of aromatic nitrogens is 4. The van der Waals surface area contributed by atoms with Gasteiger partial charge < -0.3 is 0 Å². The van der Waals surface area contributed by atoms with Crippen LogP contribution in [0.25, 0.3) is 0 Å². The molecule has 20 heavy (non-hydrogen) atoms. The van der Waals surface area contributed by atoms with Crippen LogP contribution in [0.3, 0.4) is 0 Å². The Morgan fingerprint density at radius 1 is 1.15 bits per heavy atom. The Morgan fingerprint density at radius 3 is 2.55 bits per heavy atom. The van der Waals surface area contributed by atoms with E-state index in [2.05, 4.69) is 25.5 Å². The molecule has 0 atom stereocenters. The monoisotopic (exact) mass is 326 g/mol. The number of hydrazone groups is 1. The van der Waals surface area contributed by atoms with Crippen LogP contribution in [-0.4, -0.2) is 37.8 Å². The molecule has 0 radical (unpaired) electrons. The predicted octanol–water partition coefficient (Wildman–Crippen LogP) is 1.89. The molecule has 1 aliphatic heterocycles. The highest BCUT2D eigenvalue weighted by atomic mass is 32.2. The van der Waals surface area contributed by atoms with Crippen LogP contribution in [0.1, 0.15) is 16.4 Å². The molecule has 1 aliphatic rings. The minimum absolute atomic E-state index is 0.0646. The Labute approximate surface area is 127 Å². The summed E-state index contributed by atoms with van der Waals surface area (Å²) in [5.41, 5.74) is 0.820. The van der Waals surface area contributed by atoms with Gasteiger partial charge in [0, 0.05) is 5.75 Å². The minimum Gasteiger partial charge on any atom is -0.272 e. The van der Waals surface area contributed by atoms with Crippen molar-refractivity contribution in [2.24, 2.45) is 5.10 Å². The molecule has 1 amide bonds. The third-order valence-electron chi connectivity index (χ3n) is 2.40. The van der Waals surface area contributed by atoms with Gasteiger partial charge >= 0.3 is 0 Å². The molecule has 104 valence electrons. The number of nitrogens with zero attached hydrogens (tertiary/aromatic N) is 6. The standard InChI is InChI=1S/C10H10N6OS3/c1-5-11-13-9(19-5)16-8(17)3-7(15-16)4-18-10-14-12-6(2)20-10/h3-4H2,1-2H3. The number of carbonyl (C=O) groups is 1. The Balaban J connectivity index is 1.67. The molecule has 0 aliphatic carbocycles. The Hall–Kier alpha value is -1.39. The molecule has 2 aromatic heterocycles. The van der Waals surface area contributed by atoms with Gasteiger partial charge in [0.2, 0.25) is 5.13 Å². The first-order valence-corrected chi connectivity index (χ1v) is 8.36. The fraction of sp³-hybridized carbons (Fsp3) is 0.400. The summed E-state index contributed by atoms with van der Waals surface area (Å²) in [6.45, 7) is 3.76. The Morgan fingerprint density at radius 2 is 1.90 bits per heavy atom. The summed E-state index contributed by atoms with van der Waals surface area (Å²) in [5, 5.41) is 23.8. The van der Waals surface area contributed by atoms with Crippen molar-refractivity contribution in [2.45, 2.75) is 24.6 Å². The van der Waals surface area contributed by atoms with Crippen molar-refractivity contribution in [1.29, 1.82) is 0 Å². The molecule has 0 saturated carbocycles. The molecule has 0 N–H and O–H groups in total. The van der Waals surface area contributed by atoms with E-state index < -0.39 is 0 Å². The van der Waals surface area contributed by atoms with Gasteiger partial charge in [-0.25, -0.2) is 0 Å². The van der Waals surface area contributed by atoms with E-state index in [0.717, 1.165) is 20.1 Å². The second-order valence-corrected chi connectivity index (χ2v) is 7.59. The number of carbonyl (C=O) groups excluding carboxylic acids is 1. The maximum absolute atomic E-state index is 11.9. The van der Waals surface area contributed by atoms with E-state index in [1.54, 1.807) is 11.8 Å². The molecule has 0 spiro atoms. The van der Waals surface area contributed by atoms with Crippen LogP contribution in [0.4, 0.5) is 5.13 Å². The van der Waals surface area contributed by atoms with Gasteiger partial charge in [-0.15, -0.1) is 20.4 Å². The molecule has 0 bridgehead atoms. The third-order valence-corrected chi connectivity index (χ3v) is 5.26. The van der Waals surface area contributed by atoms with E-state index in [-0.39, 0.29) is 5.91 Å². The van der Waals surface area contributed by atoms with E-state index in [0.29, 0.717) is 17.3 Å². The predicted molar refractivity (Wildman–Crippen MR) is 79.6 cm³/mol. The quantitative estimate of drug-likeness (QED) is 0.798. The highest BCUT2D eigenvalue weighted by Gasteiger charge is 2.27. The fourth-order valence-electron chi connectivity index (χ4n) is 1.56.